The molecule has 4 unspecified atom stereocenters. The number of methoxy groups -OCH3 is 3. The van der Waals surface area contributed by atoms with Gasteiger partial charge in [0.1, 0.15) is 22.8 Å². The number of aliphatic carboxylic acids is 2. The van der Waals surface area contributed by atoms with Gasteiger partial charge in [0, 0.05) is 62.0 Å². The van der Waals surface area contributed by atoms with Crippen LogP contribution < -0.4 is 40.5 Å². The summed E-state index contributed by atoms with van der Waals surface area (Å²) in [6.07, 6.45) is 1.42. The molecular formula is C51H66FLiN6O19. The number of ether oxygens (including phenoxy) is 3. The predicted octanol–water partition coefficient (Wildman–Crippen LogP) is 4.57. The average molecular weight is 1090 g/mol. The van der Waals surface area contributed by atoms with Crippen LogP contribution in [0.25, 0.3) is 0 Å². The minimum atomic E-state index is -1.18. The SMILES string of the molecule is C.C.CC(N)CC(=O)O.CC1CC(=O)Cc2cccc(C(=O)O)c2N1.COC(=O)c1cccc([N+](=O)[O-])c1F.COC(=O)c1cccc([N+](=O)[O-])c1NC(C)CC(=O)O.COC(=O)c1cccc2c1NC(C)CC(=O)C2.[Li+].[OH-]. The van der Waals surface area contributed by atoms with Crippen LogP contribution in [0.1, 0.15) is 121 Å². The normalized spacial score (nSPS) is 14.0. The van der Waals surface area contributed by atoms with Crippen LogP contribution in [0.15, 0.2) is 72.8 Å². The molecule has 0 amide bonds. The van der Waals surface area contributed by atoms with E-state index in [9.17, 15) is 63.0 Å². The summed E-state index contributed by atoms with van der Waals surface area (Å²) >= 11 is 0. The third-order valence-electron chi connectivity index (χ3n) is 10.2. The van der Waals surface area contributed by atoms with E-state index in [0.717, 1.165) is 43.2 Å². The fourth-order valence-electron chi connectivity index (χ4n) is 7.03. The van der Waals surface area contributed by atoms with E-state index in [1.165, 1.54) is 31.4 Å². The predicted molar refractivity (Wildman–Crippen MR) is 279 cm³/mol. The van der Waals surface area contributed by atoms with Crippen molar-refractivity contribution in [3.05, 3.63) is 132 Å². The first-order valence-electron chi connectivity index (χ1n) is 22.2. The summed E-state index contributed by atoms with van der Waals surface area (Å²) in [5.41, 5.74) is 7.24. The molecule has 0 saturated carbocycles. The van der Waals surface area contributed by atoms with E-state index in [1.807, 2.05) is 19.9 Å². The maximum absolute atomic E-state index is 13.2. The molecule has 6 rings (SSSR count). The summed E-state index contributed by atoms with van der Waals surface area (Å²) in [7, 11) is 3.58. The number of carboxylic acids is 3. The zero-order valence-corrected chi connectivity index (χ0v) is 42.7. The number of benzene rings is 4. The fourth-order valence-corrected chi connectivity index (χ4v) is 7.03. The van der Waals surface area contributed by atoms with Gasteiger partial charge in [-0.05, 0) is 63.1 Å². The molecule has 9 N–H and O–H groups in total. The van der Waals surface area contributed by atoms with Gasteiger partial charge in [0.15, 0.2) is 0 Å². The number of para-hydroxylation sites is 3. The van der Waals surface area contributed by atoms with E-state index in [1.54, 1.807) is 44.2 Å². The largest absolute Gasteiger partial charge is 1.00 e. The average Bonchev–Trinajstić information content (AvgIpc) is 3.57. The Kier molecular flexibility index (Phi) is 34.0. The van der Waals surface area contributed by atoms with Crippen molar-refractivity contribution < 1.29 is 106 Å². The third kappa shape index (κ3) is 23.3. The van der Waals surface area contributed by atoms with Crippen molar-refractivity contribution in [2.75, 3.05) is 37.3 Å². The van der Waals surface area contributed by atoms with Gasteiger partial charge < -0.3 is 56.7 Å². The van der Waals surface area contributed by atoms with Crippen molar-refractivity contribution in [1.82, 2.24) is 0 Å². The molecule has 2 heterocycles. The molecule has 25 nitrogen and oxygen atoms in total. The van der Waals surface area contributed by atoms with E-state index in [2.05, 4.69) is 25.4 Å². The van der Waals surface area contributed by atoms with Gasteiger partial charge in [-0.15, -0.1) is 0 Å². The number of nitro benzene ring substituents is 2. The van der Waals surface area contributed by atoms with E-state index in [4.69, 9.17) is 25.8 Å². The van der Waals surface area contributed by atoms with Gasteiger partial charge in [0.2, 0.25) is 5.82 Å². The first kappa shape index (κ1) is 73.9. The van der Waals surface area contributed by atoms with Crippen molar-refractivity contribution in [3.8, 4) is 0 Å². The Bertz CT molecular complexity index is 2740. The first-order chi connectivity index (χ1) is 34.8. The second-order valence-corrected chi connectivity index (χ2v) is 16.5. The minimum absolute atomic E-state index is 0. The molecule has 2 aliphatic rings. The maximum Gasteiger partial charge on any atom is 1.00 e. The van der Waals surface area contributed by atoms with Crippen LogP contribution in [-0.2, 0) is 46.2 Å². The van der Waals surface area contributed by atoms with Gasteiger partial charge in [-0.25, -0.2) is 19.2 Å². The van der Waals surface area contributed by atoms with Crippen molar-refractivity contribution in [1.29, 1.82) is 0 Å². The molecule has 4 aromatic carbocycles. The first-order valence-corrected chi connectivity index (χ1v) is 22.2. The van der Waals surface area contributed by atoms with Crippen LogP contribution in [0.3, 0.4) is 0 Å². The van der Waals surface area contributed by atoms with Gasteiger partial charge in [0.05, 0.1) is 72.1 Å². The molecule has 422 valence electrons. The Morgan fingerprint density at radius 2 is 1.04 bits per heavy atom. The summed E-state index contributed by atoms with van der Waals surface area (Å²) in [4.78, 5) is 109. The number of nitrogens with one attached hydrogen (secondary N) is 3. The number of Topliss-reactive ketones (excluding diaryl/α,β-unsaturated/α-hetero) is 2. The molecule has 0 aromatic heterocycles. The Balaban J connectivity index is -0.000000913. The molecule has 4 atom stereocenters. The number of nitro groups is 2. The van der Waals surface area contributed by atoms with Gasteiger partial charge in [-0.1, -0.05) is 51.3 Å². The van der Waals surface area contributed by atoms with Crippen LogP contribution in [0.5, 0.6) is 0 Å². The number of aromatic carboxylic acids is 1. The fraction of sp³-hybridized carbons (Fsp3) is 0.373. The number of rotatable bonds is 12. The van der Waals surface area contributed by atoms with Gasteiger partial charge in [-0.2, -0.15) is 4.39 Å². The number of nitrogens with zero attached hydrogens (tertiary/aromatic N) is 2. The molecule has 2 aliphatic heterocycles. The minimum Gasteiger partial charge on any atom is -0.870 e. The summed E-state index contributed by atoms with van der Waals surface area (Å²) < 4.78 is 26.8. The molecule has 0 radical (unpaired) electrons. The molecule has 0 bridgehead atoms. The quantitative estimate of drug-likeness (QED) is 0.0336. The number of halogens is 1. The topological polar surface area (TPSA) is 403 Å². The monoisotopic (exact) mass is 1090 g/mol. The standard InChI is InChI=1S/C13H15NO3.C12H14N2O6.C12H13NO3.C8H6FNO4.C4H9NO2.2CH4.Li.H2O/c1-8-6-10(15)7-9-4-3-5-11(12(9)14-8)13(16)17-2;1-7(6-10(15)16)13-11-8(12(17)20-2)4-3-5-9(11)14(18)19;1-7-5-9(14)6-8-3-2-4-10(12(15)16)11(8)13-7;1-14-8(11)5-3-2-4-6(7(5)9)10(12)13;1-3(5)2-4(6)7;;;;/h3-5,8,14H,6-7H2,1-2H3;3-5,7,13H,6H2,1-2H3,(H,15,16);2-4,7,13H,5-6H2,1H3,(H,15,16);2-4H,1H3;3H,2,5H2,1H3,(H,6,7);2*1H4;;1H2/q;;;;;;;+1;/p-1. The molecule has 4 aromatic rings. The second-order valence-electron chi connectivity index (χ2n) is 16.5. The Labute approximate surface area is 461 Å². The van der Waals surface area contributed by atoms with Crippen molar-refractivity contribution in [2.45, 2.75) is 105 Å². The number of anilines is 3. The van der Waals surface area contributed by atoms with Gasteiger partial charge in [-0.3, -0.25) is 39.4 Å². The number of carbonyl (C=O) groups excluding carboxylic acids is 5. The summed E-state index contributed by atoms with van der Waals surface area (Å²) in [6.45, 7) is 7.02. The molecule has 27 heteroatoms. The molecule has 0 saturated heterocycles. The van der Waals surface area contributed by atoms with Gasteiger partial charge >= 0.3 is 60.4 Å². The number of hydrogen-bond acceptors (Lipinski definition) is 20. The third-order valence-corrected chi connectivity index (χ3v) is 10.2. The number of ketones is 2. The Morgan fingerprint density at radius 3 is 1.44 bits per heavy atom. The molecule has 0 fully saturated rings. The molecule has 0 aliphatic carbocycles. The molecule has 0 spiro atoms. The van der Waals surface area contributed by atoms with Gasteiger partial charge in [0.25, 0.3) is 5.69 Å². The number of esters is 3. The zero-order valence-electron chi connectivity index (χ0n) is 42.7. The van der Waals surface area contributed by atoms with E-state index < -0.39 is 62.8 Å². The van der Waals surface area contributed by atoms with Crippen LogP contribution in [0.2, 0.25) is 0 Å². The smallest absolute Gasteiger partial charge is 0.870 e. The second kappa shape index (κ2) is 35.9. The molecular weight excluding hydrogens is 1030 g/mol. The van der Waals surface area contributed by atoms with E-state index in [0.29, 0.717) is 36.9 Å². The van der Waals surface area contributed by atoms with Crippen LogP contribution in [0.4, 0.5) is 32.8 Å². The van der Waals surface area contributed by atoms with E-state index >= 15 is 0 Å². The Hall–Kier alpha value is -8.31. The van der Waals surface area contributed by atoms with Crippen LogP contribution in [-0.4, -0.2) is 124 Å². The number of carboxylic acid groups (broad SMARTS) is 3. The number of carbonyl (C=O) groups is 8. The zero-order chi connectivity index (χ0) is 56.0. The number of hydrogen-bond donors (Lipinski definition) is 7. The summed E-state index contributed by atoms with van der Waals surface area (Å²) in [5, 5.41) is 56.0. The van der Waals surface area contributed by atoms with Crippen molar-refractivity contribution >= 4 is 75.8 Å². The van der Waals surface area contributed by atoms with E-state index in [-0.39, 0.29) is 110 Å². The van der Waals surface area contributed by atoms with Crippen molar-refractivity contribution in [3.63, 3.8) is 0 Å². The van der Waals surface area contributed by atoms with Crippen LogP contribution >= 0.6 is 0 Å². The Morgan fingerprint density at radius 1 is 0.667 bits per heavy atom. The summed E-state index contributed by atoms with van der Waals surface area (Å²) in [6, 6.07) is 16.8. The van der Waals surface area contributed by atoms with Crippen LogP contribution in [0, 0.1) is 26.0 Å². The molecule has 78 heavy (non-hydrogen) atoms. The summed E-state index contributed by atoms with van der Waals surface area (Å²) in [5.74, 6) is -5.76. The maximum atomic E-state index is 13.2. The number of nitrogens with two attached hydrogens (primary N) is 1. The van der Waals surface area contributed by atoms with Crippen molar-refractivity contribution in [2.24, 2.45) is 5.73 Å². The number of fused-ring (bicyclic) bond motifs is 2.